The van der Waals surface area contributed by atoms with Gasteiger partial charge in [0.2, 0.25) is 6.41 Å². The average molecular weight is 301 g/mol. The standard InChI is InChI=1S/C17H23N3O2/c21-14-18-10-12-20(13-11-18)17(22)15-4-6-16(7-5-15)19-8-2-1-3-9-19/h4-7,14H,1-3,8-13H2. The Labute approximate surface area is 131 Å². The molecule has 2 aliphatic heterocycles. The van der Waals surface area contributed by atoms with Crippen LogP contribution >= 0.6 is 0 Å². The first kappa shape index (κ1) is 14.9. The zero-order valence-electron chi connectivity index (χ0n) is 12.9. The SMILES string of the molecule is O=CN1CCN(C(=O)c2ccc(N3CCCCC3)cc2)CC1. The first-order chi connectivity index (χ1) is 10.8. The number of anilines is 1. The molecule has 0 N–H and O–H groups in total. The van der Waals surface area contributed by atoms with Gasteiger partial charge in [0.15, 0.2) is 0 Å². The van der Waals surface area contributed by atoms with Crippen LogP contribution in [0.1, 0.15) is 29.6 Å². The van der Waals surface area contributed by atoms with Crippen molar-refractivity contribution >= 4 is 18.0 Å². The molecule has 2 saturated heterocycles. The topological polar surface area (TPSA) is 43.9 Å². The Morgan fingerprint density at radius 2 is 1.50 bits per heavy atom. The maximum atomic E-state index is 12.5. The molecule has 0 radical (unpaired) electrons. The number of piperazine rings is 1. The van der Waals surface area contributed by atoms with E-state index < -0.39 is 0 Å². The van der Waals surface area contributed by atoms with Crippen LogP contribution in [0.3, 0.4) is 0 Å². The predicted molar refractivity (Wildman–Crippen MR) is 86.0 cm³/mol. The van der Waals surface area contributed by atoms with E-state index in [1.165, 1.54) is 24.9 Å². The van der Waals surface area contributed by atoms with Gasteiger partial charge in [-0.3, -0.25) is 9.59 Å². The van der Waals surface area contributed by atoms with Crippen molar-refractivity contribution in [2.45, 2.75) is 19.3 Å². The van der Waals surface area contributed by atoms with Crippen LogP contribution in [0.4, 0.5) is 5.69 Å². The molecule has 0 bridgehead atoms. The third-order valence-corrected chi connectivity index (χ3v) is 4.59. The molecular weight excluding hydrogens is 278 g/mol. The lowest BCUT2D eigenvalue weighted by Crippen LogP contribution is -2.48. The van der Waals surface area contributed by atoms with E-state index in [0.717, 1.165) is 25.1 Å². The Balaban J connectivity index is 1.62. The van der Waals surface area contributed by atoms with E-state index in [1.54, 1.807) is 4.90 Å². The highest BCUT2D eigenvalue weighted by molar-refractivity contribution is 5.94. The van der Waals surface area contributed by atoms with E-state index >= 15 is 0 Å². The Kier molecular flexibility index (Phi) is 4.61. The minimum absolute atomic E-state index is 0.0655. The summed E-state index contributed by atoms with van der Waals surface area (Å²) in [7, 11) is 0. The first-order valence-corrected chi connectivity index (χ1v) is 8.11. The smallest absolute Gasteiger partial charge is 0.253 e. The normalized spacial score (nSPS) is 19.2. The molecule has 0 saturated carbocycles. The number of piperidine rings is 1. The van der Waals surface area contributed by atoms with Crippen molar-refractivity contribution in [3.05, 3.63) is 29.8 Å². The van der Waals surface area contributed by atoms with E-state index in [4.69, 9.17) is 0 Å². The van der Waals surface area contributed by atoms with Crippen LogP contribution < -0.4 is 4.90 Å². The van der Waals surface area contributed by atoms with Crippen molar-refractivity contribution in [3.8, 4) is 0 Å². The number of nitrogens with zero attached hydrogens (tertiary/aromatic N) is 3. The molecule has 2 heterocycles. The van der Waals surface area contributed by atoms with Crippen LogP contribution in [-0.4, -0.2) is 61.4 Å². The highest BCUT2D eigenvalue weighted by Crippen LogP contribution is 2.21. The number of hydrogen-bond acceptors (Lipinski definition) is 3. The molecule has 118 valence electrons. The molecule has 0 spiro atoms. The molecule has 0 unspecified atom stereocenters. The minimum atomic E-state index is 0.0655. The average Bonchev–Trinajstić information content (AvgIpc) is 2.62. The van der Waals surface area contributed by atoms with Gasteiger partial charge in [0.05, 0.1) is 0 Å². The van der Waals surface area contributed by atoms with Gasteiger partial charge in [-0.1, -0.05) is 0 Å². The molecule has 0 atom stereocenters. The van der Waals surface area contributed by atoms with Crippen molar-refractivity contribution in [3.63, 3.8) is 0 Å². The highest BCUT2D eigenvalue weighted by Gasteiger charge is 2.21. The van der Waals surface area contributed by atoms with E-state index in [0.29, 0.717) is 26.2 Å². The van der Waals surface area contributed by atoms with Crippen molar-refractivity contribution in [2.75, 3.05) is 44.2 Å². The number of hydrogen-bond donors (Lipinski definition) is 0. The summed E-state index contributed by atoms with van der Waals surface area (Å²) in [6.45, 7) is 4.71. The van der Waals surface area contributed by atoms with Gasteiger partial charge in [-0.15, -0.1) is 0 Å². The van der Waals surface area contributed by atoms with Gasteiger partial charge < -0.3 is 14.7 Å². The lowest BCUT2D eigenvalue weighted by molar-refractivity contribution is -0.119. The fourth-order valence-corrected chi connectivity index (χ4v) is 3.18. The van der Waals surface area contributed by atoms with Crippen LogP contribution in [0, 0.1) is 0 Å². The zero-order chi connectivity index (χ0) is 15.4. The van der Waals surface area contributed by atoms with Crippen LogP contribution in [0.2, 0.25) is 0 Å². The fraction of sp³-hybridized carbons (Fsp3) is 0.529. The quantitative estimate of drug-likeness (QED) is 0.796. The number of amides is 2. The van der Waals surface area contributed by atoms with Gasteiger partial charge in [-0.05, 0) is 43.5 Å². The largest absolute Gasteiger partial charge is 0.372 e. The Morgan fingerprint density at radius 3 is 2.09 bits per heavy atom. The molecule has 1 aromatic carbocycles. The van der Waals surface area contributed by atoms with Crippen LogP contribution in [0.15, 0.2) is 24.3 Å². The summed E-state index contributed by atoms with van der Waals surface area (Å²) < 4.78 is 0. The van der Waals surface area contributed by atoms with Gasteiger partial charge in [-0.25, -0.2) is 0 Å². The van der Waals surface area contributed by atoms with Gasteiger partial charge >= 0.3 is 0 Å². The summed E-state index contributed by atoms with van der Waals surface area (Å²) in [5, 5.41) is 0. The molecule has 3 rings (SSSR count). The van der Waals surface area contributed by atoms with Crippen LogP contribution in [0.5, 0.6) is 0 Å². The molecule has 1 aromatic rings. The molecule has 2 amide bonds. The van der Waals surface area contributed by atoms with E-state index in [9.17, 15) is 9.59 Å². The molecule has 0 aromatic heterocycles. The van der Waals surface area contributed by atoms with Crippen molar-refractivity contribution in [1.29, 1.82) is 0 Å². The predicted octanol–water partition coefficient (Wildman–Crippen LogP) is 1.59. The molecule has 5 nitrogen and oxygen atoms in total. The summed E-state index contributed by atoms with van der Waals surface area (Å²) in [5.74, 6) is 0.0655. The summed E-state index contributed by atoms with van der Waals surface area (Å²) in [4.78, 5) is 29.1. The third kappa shape index (κ3) is 3.24. The van der Waals surface area contributed by atoms with Gasteiger partial charge in [0, 0.05) is 50.5 Å². The summed E-state index contributed by atoms with van der Waals surface area (Å²) in [6.07, 6.45) is 4.68. The van der Waals surface area contributed by atoms with Gasteiger partial charge in [-0.2, -0.15) is 0 Å². The highest BCUT2D eigenvalue weighted by atomic mass is 16.2. The maximum Gasteiger partial charge on any atom is 0.253 e. The van der Waals surface area contributed by atoms with E-state index in [1.807, 2.05) is 17.0 Å². The molecular formula is C17H23N3O2. The zero-order valence-corrected chi connectivity index (χ0v) is 12.9. The molecule has 2 fully saturated rings. The van der Waals surface area contributed by atoms with Gasteiger partial charge in [0.25, 0.3) is 5.91 Å². The second kappa shape index (κ2) is 6.81. The monoisotopic (exact) mass is 301 g/mol. The lowest BCUT2D eigenvalue weighted by atomic mass is 10.1. The van der Waals surface area contributed by atoms with Crippen LogP contribution in [-0.2, 0) is 4.79 Å². The maximum absolute atomic E-state index is 12.5. The summed E-state index contributed by atoms with van der Waals surface area (Å²) in [6, 6.07) is 7.97. The van der Waals surface area contributed by atoms with Crippen molar-refractivity contribution in [1.82, 2.24) is 9.80 Å². The number of carbonyl (C=O) groups excluding carboxylic acids is 2. The van der Waals surface area contributed by atoms with Crippen molar-refractivity contribution in [2.24, 2.45) is 0 Å². The van der Waals surface area contributed by atoms with E-state index in [-0.39, 0.29) is 5.91 Å². The van der Waals surface area contributed by atoms with Crippen LogP contribution in [0.25, 0.3) is 0 Å². The molecule has 5 heteroatoms. The second-order valence-corrected chi connectivity index (χ2v) is 6.03. The van der Waals surface area contributed by atoms with Gasteiger partial charge in [0.1, 0.15) is 0 Å². The summed E-state index contributed by atoms with van der Waals surface area (Å²) in [5.41, 5.74) is 1.95. The van der Waals surface area contributed by atoms with Crippen molar-refractivity contribution < 1.29 is 9.59 Å². The Morgan fingerprint density at radius 1 is 0.864 bits per heavy atom. The van der Waals surface area contributed by atoms with E-state index in [2.05, 4.69) is 17.0 Å². The summed E-state index contributed by atoms with van der Waals surface area (Å²) >= 11 is 0. The Bertz CT molecular complexity index is 515. The Hall–Kier alpha value is -2.04. The number of rotatable bonds is 3. The molecule has 2 aliphatic rings. The number of benzene rings is 1. The fourth-order valence-electron chi connectivity index (χ4n) is 3.18. The molecule has 22 heavy (non-hydrogen) atoms. The first-order valence-electron chi connectivity index (χ1n) is 8.11. The molecule has 0 aliphatic carbocycles. The minimum Gasteiger partial charge on any atom is -0.372 e. The second-order valence-electron chi connectivity index (χ2n) is 6.03. The number of carbonyl (C=O) groups is 2. The third-order valence-electron chi connectivity index (χ3n) is 4.59. The lowest BCUT2D eigenvalue weighted by Gasteiger charge is -2.33.